The largest absolute Gasteiger partial charge is 0.573 e. The molecule has 1 aromatic carbocycles. The lowest BCUT2D eigenvalue weighted by Gasteiger charge is -2.11. The van der Waals surface area contributed by atoms with Crippen molar-refractivity contribution in [1.82, 2.24) is 19.8 Å². The normalized spacial score (nSPS) is 12.6. The van der Waals surface area contributed by atoms with Crippen molar-refractivity contribution in [3.05, 3.63) is 41.7 Å². The predicted molar refractivity (Wildman–Crippen MR) is 80.5 cm³/mol. The summed E-state index contributed by atoms with van der Waals surface area (Å²) < 4.78 is 79.9. The maximum absolute atomic E-state index is 13.0. The molecule has 5 nitrogen and oxygen atoms in total. The van der Waals surface area contributed by atoms with Crippen molar-refractivity contribution in [3.8, 4) is 17.0 Å². The second-order valence-electron chi connectivity index (χ2n) is 5.02. The van der Waals surface area contributed by atoms with Crippen LogP contribution in [-0.4, -0.2) is 26.2 Å². The Morgan fingerprint density at radius 2 is 1.65 bits per heavy atom. The van der Waals surface area contributed by atoms with Crippen LogP contribution in [0.25, 0.3) is 16.9 Å². The Balaban J connectivity index is 2.08. The number of rotatable bonds is 3. The van der Waals surface area contributed by atoms with Crippen LogP contribution >= 0.6 is 15.9 Å². The SMILES string of the molecule is FC(F)(F)Oc1ccc(-c2nn3c(C(F)(F)F)nnc3cc2CBr)cc1. The zero-order chi connectivity index (χ0) is 19.1. The highest BCUT2D eigenvalue weighted by atomic mass is 79.9. The van der Waals surface area contributed by atoms with Gasteiger partial charge in [-0.1, -0.05) is 15.9 Å². The molecular formula is C14H7BrF6N4O. The Morgan fingerprint density at radius 1 is 1.00 bits per heavy atom. The second kappa shape index (κ2) is 6.41. The van der Waals surface area contributed by atoms with Crippen LogP contribution in [0.2, 0.25) is 0 Å². The van der Waals surface area contributed by atoms with Gasteiger partial charge in [0.05, 0.1) is 5.69 Å². The molecular weight excluding hydrogens is 434 g/mol. The molecule has 0 amide bonds. The van der Waals surface area contributed by atoms with Crippen molar-refractivity contribution >= 4 is 21.6 Å². The van der Waals surface area contributed by atoms with Gasteiger partial charge in [-0.25, -0.2) is 0 Å². The molecule has 0 spiro atoms. The summed E-state index contributed by atoms with van der Waals surface area (Å²) in [5.41, 5.74) is 0.826. The lowest BCUT2D eigenvalue weighted by Crippen LogP contribution is -2.17. The van der Waals surface area contributed by atoms with Crippen molar-refractivity contribution in [2.45, 2.75) is 17.9 Å². The summed E-state index contributed by atoms with van der Waals surface area (Å²) in [5.74, 6) is -1.75. The Labute approximate surface area is 149 Å². The molecule has 0 saturated heterocycles. The number of halogens is 7. The van der Waals surface area contributed by atoms with Crippen LogP contribution in [0.5, 0.6) is 5.75 Å². The van der Waals surface area contributed by atoms with E-state index in [1.807, 2.05) is 0 Å². The molecule has 0 unspecified atom stereocenters. The number of hydrogen-bond acceptors (Lipinski definition) is 4. The molecule has 3 aromatic rings. The minimum atomic E-state index is -4.84. The highest BCUT2D eigenvalue weighted by Crippen LogP contribution is 2.31. The first kappa shape index (κ1) is 18.4. The highest BCUT2D eigenvalue weighted by Gasteiger charge is 2.38. The van der Waals surface area contributed by atoms with Crippen molar-refractivity contribution in [1.29, 1.82) is 0 Å². The first-order valence-electron chi connectivity index (χ1n) is 6.83. The van der Waals surface area contributed by atoms with Crippen molar-refractivity contribution in [3.63, 3.8) is 0 Å². The fourth-order valence-electron chi connectivity index (χ4n) is 2.21. The maximum Gasteiger partial charge on any atom is 0.573 e. The smallest absolute Gasteiger partial charge is 0.406 e. The molecule has 0 atom stereocenters. The summed E-state index contributed by atoms with van der Waals surface area (Å²) in [5, 5.41) is 10.7. The minimum Gasteiger partial charge on any atom is -0.406 e. The average Bonchev–Trinajstić information content (AvgIpc) is 2.96. The van der Waals surface area contributed by atoms with Gasteiger partial charge in [0, 0.05) is 10.9 Å². The fraction of sp³-hybridized carbons (Fsp3) is 0.214. The summed E-state index contributed by atoms with van der Waals surface area (Å²) in [6.07, 6.45) is -9.60. The molecule has 12 heteroatoms. The van der Waals surface area contributed by atoms with Gasteiger partial charge >= 0.3 is 12.5 Å². The van der Waals surface area contributed by atoms with Crippen molar-refractivity contribution in [2.24, 2.45) is 0 Å². The number of nitrogens with zero attached hydrogens (tertiary/aromatic N) is 4. The topological polar surface area (TPSA) is 52.3 Å². The van der Waals surface area contributed by atoms with Gasteiger partial charge in [-0.05, 0) is 35.9 Å². The van der Waals surface area contributed by atoms with Crippen LogP contribution in [-0.2, 0) is 11.5 Å². The summed E-state index contributed by atoms with van der Waals surface area (Å²) in [4.78, 5) is 0. The van der Waals surface area contributed by atoms with Gasteiger partial charge in [0.15, 0.2) is 5.65 Å². The molecule has 26 heavy (non-hydrogen) atoms. The predicted octanol–water partition coefficient (Wildman–Crippen LogP) is 4.60. The van der Waals surface area contributed by atoms with Crippen LogP contribution in [0.1, 0.15) is 11.4 Å². The molecule has 0 saturated carbocycles. The van der Waals surface area contributed by atoms with Crippen molar-refractivity contribution in [2.75, 3.05) is 0 Å². The molecule has 0 bridgehead atoms. The summed E-state index contributed by atoms with van der Waals surface area (Å²) in [7, 11) is 0. The molecule has 138 valence electrons. The molecule has 3 rings (SSSR count). The number of benzene rings is 1. The molecule has 0 fully saturated rings. The van der Waals surface area contributed by atoms with Gasteiger partial charge in [0.25, 0.3) is 5.82 Å². The third-order valence-electron chi connectivity index (χ3n) is 3.23. The number of alkyl halides is 7. The van der Waals surface area contributed by atoms with Crippen LogP contribution in [0.15, 0.2) is 30.3 Å². The van der Waals surface area contributed by atoms with Gasteiger partial charge in [0.1, 0.15) is 5.75 Å². The van der Waals surface area contributed by atoms with E-state index in [1.54, 1.807) is 0 Å². The highest BCUT2D eigenvalue weighted by molar-refractivity contribution is 9.08. The molecule has 2 aromatic heterocycles. The maximum atomic E-state index is 13.0. The summed E-state index contributed by atoms with van der Waals surface area (Å²) in [6.45, 7) is 0. The van der Waals surface area contributed by atoms with E-state index in [0.29, 0.717) is 15.6 Å². The van der Waals surface area contributed by atoms with Gasteiger partial charge in [-0.15, -0.1) is 23.4 Å². The second-order valence-corrected chi connectivity index (χ2v) is 5.58. The summed E-state index contributed by atoms with van der Waals surface area (Å²) in [6, 6.07) is 5.98. The monoisotopic (exact) mass is 440 g/mol. The Morgan fingerprint density at radius 3 is 2.19 bits per heavy atom. The Bertz CT molecular complexity index is 935. The van der Waals surface area contributed by atoms with E-state index in [4.69, 9.17) is 0 Å². The number of hydrogen-bond donors (Lipinski definition) is 0. The lowest BCUT2D eigenvalue weighted by atomic mass is 10.1. The van der Waals surface area contributed by atoms with E-state index in [-0.39, 0.29) is 16.7 Å². The number of aromatic nitrogens is 4. The van der Waals surface area contributed by atoms with Gasteiger partial charge < -0.3 is 4.74 Å². The zero-order valence-corrected chi connectivity index (χ0v) is 14.0. The van der Waals surface area contributed by atoms with Gasteiger partial charge in [0.2, 0.25) is 0 Å². The minimum absolute atomic E-state index is 0.104. The first-order chi connectivity index (χ1) is 12.1. The standard InChI is InChI=1S/C14H7BrF6N4O/c15-6-8-5-10-22-23-12(13(16,17)18)25(10)24-11(8)7-1-3-9(4-2-7)26-14(19,20)21/h1-5H,6H2. The molecule has 0 aliphatic heterocycles. The zero-order valence-electron chi connectivity index (χ0n) is 12.4. The molecule has 0 aliphatic rings. The van der Waals surface area contributed by atoms with E-state index in [9.17, 15) is 26.3 Å². The third kappa shape index (κ3) is 3.74. The van der Waals surface area contributed by atoms with Crippen LogP contribution < -0.4 is 4.74 Å². The van der Waals surface area contributed by atoms with Crippen molar-refractivity contribution < 1.29 is 31.1 Å². The van der Waals surface area contributed by atoms with Crippen LogP contribution in [0.3, 0.4) is 0 Å². The first-order valence-corrected chi connectivity index (χ1v) is 7.95. The van der Waals surface area contributed by atoms with E-state index in [2.05, 4.69) is 36.0 Å². The van der Waals surface area contributed by atoms with E-state index in [0.717, 1.165) is 12.1 Å². The quantitative estimate of drug-likeness (QED) is 0.441. The Hall–Kier alpha value is -2.37. The lowest BCUT2D eigenvalue weighted by molar-refractivity contribution is -0.274. The van der Waals surface area contributed by atoms with E-state index >= 15 is 0 Å². The van der Waals surface area contributed by atoms with E-state index < -0.39 is 24.1 Å². The third-order valence-corrected chi connectivity index (χ3v) is 3.84. The molecule has 0 N–H and O–H groups in total. The Kier molecular flexibility index (Phi) is 4.54. The van der Waals surface area contributed by atoms with Crippen LogP contribution in [0, 0.1) is 0 Å². The van der Waals surface area contributed by atoms with Gasteiger partial charge in [-0.2, -0.15) is 22.8 Å². The molecule has 2 heterocycles. The fourth-order valence-corrected chi connectivity index (χ4v) is 2.63. The van der Waals surface area contributed by atoms with Gasteiger partial charge in [-0.3, -0.25) is 0 Å². The summed E-state index contributed by atoms with van der Waals surface area (Å²) >= 11 is 3.20. The van der Waals surface area contributed by atoms with Crippen LogP contribution in [0.4, 0.5) is 26.3 Å². The molecule has 0 radical (unpaired) electrons. The average molecular weight is 441 g/mol. The van der Waals surface area contributed by atoms with E-state index in [1.165, 1.54) is 18.2 Å². The molecule has 0 aliphatic carbocycles. The number of fused-ring (bicyclic) bond motifs is 1. The number of ether oxygens (including phenoxy) is 1.